The molecule has 0 fully saturated rings. The highest BCUT2D eigenvalue weighted by Crippen LogP contribution is 2.18. The quantitative estimate of drug-likeness (QED) is 0.0344. The van der Waals surface area contributed by atoms with Crippen LogP contribution in [0.2, 0.25) is 0 Å². The molecule has 6 heteroatoms. The molecule has 0 bridgehead atoms. The predicted octanol–water partition coefficient (Wildman–Crippen LogP) is 18.5. The summed E-state index contributed by atoms with van der Waals surface area (Å²) in [4.78, 5) is 38.0. The molecule has 0 aromatic heterocycles. The molecule has 374 valence electrons. The van der Waals surface area contributed by atoms with Crippen LogP contribution in [0, 0.1) is 11.8 Å². The smallest absolute Gasteiger partial charge is 0.306 e. The summed E-state index contributed by atoms with van der Waals surface area (Å²) < 4.78 is 16.8. The summed E-state index contributed by atoms with van der Waals surface area (Å²) >= 11 is 0. The van der Waals surface area contributed by atoms with Gasteiger partial charge in [-0.05, 0) is 31.1 Å². The van der Waals surface area contributed by atoms with E-state index in [-0.39, 0.29) is 31.1 Å². The monoisotopic (exact) mass is 891 g/mol. The van der Waals surface area contributed by atoms with Crippen molar-refractivity contribution in [2.75, 3.05) is 13.2 Å². The van der Waals surface area contributed by atoms with E-state index in [0.717, 1.165) is 69.6 Å². The molecular weight excluding hydrogens is 781 g/mol. The zero-order valence-electron chi connectivity index (χ0n) is 43.2. The van der Waals surface area contributed by atoms with Crippen LogP contribution in [0.1, 0.15) is 317 Å². The maximum absolute atomic E-state index is 12.8. The molecule has 0 N–H and O–H groups in total. The van der Waals surface area contributed by atoms with Crippen LogP contribution in [-0.4, -0.2) is 37.2 Å². The largest absolute Gasteiger partial charge is 0.462 e. The van der Waals surface area contributed by atoms with Crippen molar-refractivity contribution in [1.82, 2.24) is 0 Å². The fourth-order valence-electron chi connectivity index (χ4n) is 8.66. The van der Waals surface area contributed by atoms with Crippen molar-refractivity contribution >= 4 is 17.9 Å². The van der Waals surface area contributed by atoms with E-state index in [9.17, 15) is 14.4 Å². The van der Waals surface area contributed by atoms with E-state index in [1.54, 1.807) is 0 Å². The van der Waals surface area contributed by atoms with Gasteiger partial charge in [-0.3, -0.25) is 14.4 Å². The minimum Gasteiger partial charge on any atom is -0.462 e. The molecule has 0 spiro atoms. The Bertz CT molecular complexity index is 964. The van der Waals surface area contributed by atoms with Crippen molar-refractivity contribution in [3.8, 4) is 0 Å². The number of carbonyl (C=O) groups excluding carboxylic acids is 3. The third kappa shape index (κ3) is 49.7. The lowest BCUT2D eigenvalue weighted by Crippen LogP contribution is -2.30. The number of unbranched alkanes of at least 4 members (excludes halogenated alkanes) is 35. The van der Waals surface area contributed by atoms with Crippen LogP contribution in [-0.2, 0) is 28.6 Å². The fraction of sp³-hybridized carbons (Fsp3) is 0.947. The van der Waals surface area contributed by atoms with Crippen LogP contribution >= 0.6 is 0 Å². The van der Waals surface area contributed by atoms with Gasteiger partial charge in [0.25, 0.3) is 0 Å². The van der Waals surface area contributed by atoms with E-state index in [1.807, 2.05) is 0 Å². The summed E-state index contributed by atoms with van der Waals surface area (Å²) in [5.41, 5.74) is 0. The van der Waals surface area contributed by atoms with Crippen molar-refractivity contribution in [3.05, 3.63) is 0 Å². The Morgan fingerprint density at radius 1 is 0.333 bits per heavy atom. The topological polar surface area (TPSA) is 78.9 Å². The van der Waals surface area contributed by atoms with Crippen LogP contribution in [0.5, 0.6) is 0 Å². The molecule has 6 nitrogen and oxygen atoms in total. The summed E-state index contributed by atoms with van der Waals surface area (Å²) in [5.74, 6) is 0.874. The standard InChI is InChI=1S/C57H110O6/c1-6-8-9-10-11-12-21-28-34-39-44-49-57(60)63-54(51-62-56(59)48-43-38-33-29-24-25-30-35-40-45-52(3)4)50-61-55(58)47-42-37-32-27-23-20-18-16-14-13-15-17-19-22-26-31-36-41-46-53(5)7-2/h52-54H,6-51H2,1-5H3/t53?,54-/m1/s1. The molecular formula is C57H110O6. The van der Waals surface area contributed by atoms with Gasteiger partial charge in [0, 0.05) is 19.3 Å². The first-order valence-electron chi connectivity index (χ1n) is 28.3. The lowest BCUT2D eigenvalue weighted by Gasteiger charge is -2.18. The zero-order chi connectivity index (χ0) is 46.1. The van der Waals surface area contributed by atoms with Gasteiger partial charge in [0.15, 0.2) is 6.10 Å². The normalized spacial score (nSPS) is 12.5. The van der Waals surface area contributed by atoms with E-state index < -0.39 is 6.10 Å². The average Bonchev–Trinajstić information content (AvgIpc) is 3.27. The van der Waals surface area contributed by atoms with Gasteiger partial charge in [0.05, 0.1) is 0 Å². The summed E-state index contributed by atoms with van der Waals surface area (Å²) in [6.45, 7) is 11.4. The summed E-state index contributed by atoms with van der Waals surface area (Å²) in [7, 11) is 0. The van der Waals surface area contributed by atoms with E-state index in [1.165, 1.54) is 205 Å². The highest BCUT2D eigenvalue weighted by atomic mass is 16.6. The second-order valence-corrected chi connectivity index (χ2v) is 20.3. The Balaban J connectivity index is 4.18. The van der Waals surface area contributed by atoms with Crippen LogP contribution < -0.4 is 0 Å². The van der Waals surface area contributed by atoms with Crippen LogP contribution in [0.4, 0.5) is 0 Å². The first-order chi connectivity index (χ1) is 30.8. The highest BCUT2D eigenvalue weighted by Gasteiger charge is 2.19. The molecule has 0 aromatic rings. The van der Waals surface area contributed by atoms with Crippen molar-refractivity contribution in [1.29, 1.82) is 0 Å². The van der Waals surface area contributed by atoms with Gasteiger partial charge in [0.2, 0.25) is 0 Å². The summed E-state index contributed by atoms with van der Waals surface area (Å²) in [6, 6.07) is 0. The molecule has 1 unspecified atom stereocenters. The van der Waals surface area contributed by atoms with E-state index in [0.29, 0.717) is 19.3 Å². The Morgan fingerprint density at radius 2 is 0.603 bits per heavy atom. The second kappa shape index (κ2) is 49.8. The number of rotatable bonds is 51. The second-order valence-electron chi connectivity index (χ2n) is 20.3. The SMILES string of the molecule is CCCCCCCCCCCCCC(=O)O[C@H](COC(=O)CCCCCCCCCCCCCCCCCCCCC(C)CC)COC(=O)CCCCCCCCCCCC(C)C. The first kappa shape index (κ1) is 61.4. The molecule has 0 aliphatic rings. The third-order valence-corrected chi connectivity index (χ3v) is 13.3. The summed E-state index contributed by atoms with van der Waals surface area (Å²) in [5, 5.41) is 0. The number of esters is 3. The lowest BCUT2D eigenvalue weighted by molar-refractivity contribution is -0.167. The zero-order valence-corrected chi connectivity index (χ0v) is 43.2. The Hall–Kier alpha value is -1.59. The van der Waals surface area contributed by atoms with E-state index in [2.05, 4.69) is 34.6 Å². The maximum Gasteiger partial charge on any atom is 0.306 e. The molecule has 0 radical (unpaired) electrons. The minimum absolute atomic E-state index is 0.0632. The van der Waals surface area contributed by atoms with Gasteiger partial charge in [0.1, 0.15) is 13.2 Å². The molecule has 0 aliphatic heterocycles. The minimum atomic E-state index is -0.761. The molecule has 0 saturated heterocycles. The van der Waals surface area contributed by atoms with Crippen molar-refractivity contribution in [2.45, 2.75) is 323 Å². The Kier molecular flexibility index (Phi) is 48.6. The molecule has 63 heavy (non-hydrogen) atoms. The van der Waals surface area contributed by atoms with Crippen LogP contribution in [0.15, 0.2) is 0 Å². The van der Waals surface area contributed by atoms with Crippen molar-refractivity contribution in [2.24, 2.45) is 11.8 Å². The molecule has 0 rings (SSSR count). The molecule has 2 atom stereocenters. The Labute approximate surface area is 393 Å². The van der Waals surface area contributed by atoms with Crippen molar-refractivity contribution in [3.63, 3.8) is 0 Å². The van der Waals surface area contributed by atoms with Gasteiger partial charge in [-0.1, -0.05) is 279 Å². The number of carbonyl (C=O) groups is 3. The molecule has 0 aliphatic carbocycles. The molecule has 0 amide bonds. The number of hydrogen-bond donors (Lipinski definition) is 0. The first-order valence-corrected chi connectivity index (χ1v) is 28.3. The highest BCUT2D eigenvalue weighted by molar-refractivity contribution is 5.71. The van der Waals surface area contributed by atoms with Gasteiger partial charge in [-0.25, -0.2) is 0 Å². The molecule has 0 heterocycles. The predicted molar refractivity (Wildman–Crippen MR) is 270 cm³/mol. The van der Waals surface area contributed by atoms with Gasteiger partial charge >= 0.3 is 17.9 Å². The molecule has 0 aromatic carbocycles. The van der Waals surface area contributed by atoms with Gasteiger partial charge < -0.3 is 14.2 Å². The van der Waals surface area contributed by atoms with E-state index in [4.69, 9.17) is 14.2 Å². The molecule has 0 saturated carbocycles. The van der Waals surface area contributed by atoms with E-state index >= 15 is 0 Å². The number of ether oxygens (including phenoxy) is 3. The number of hydrogen-bond acceptors (Lipinski definition) is 6. The van der Waals surface area contributed by atoms with Crippen LogP contribution in [0.25, 0.3) is 0 Å². The fourth-order valence-corrected chi connectivity index (χ4v) is 8.66. The van der Waals surface area contributed by atoms with Crippen LogP contribution in [0.3, 0.4) is 0 Å². The van der Waals surface area contributed by atoms with Crippen molar-refractivity contribution < 1.29 is 28.6 Å². The average molecular weight is 892 g/mol. The summed E-state index contributed by atoms with van der Waals surface area (Å²) in [6.07, 6.45) is 52.4. The third-order valence-electron chi connectivity index (χ3n) is 13.3. The van der Waals surface area contributed by atoms with Gasteiger partial charge in [-0.2, -0.15) is 0 Å². The maximum atomic E-state index is 12.8. The van der Waals surface area contributed by atoms with Gasteiger partial charge in [-0.15, -0.1) is 0 Å². The Morgan fingerprint density at radius 3 is 0.905 bits per heavy atom. The lowest BCUT2D eigenvalue weighted by atomic mass is 9.99.